The summed E-state index contributed by atoms with van der Waals surface area (Å²) in [4.78, 5) is 12.2. The van der Waals surface area contributed by atoms with Gasteiger partial charge in [0.15, 0.2) is 5.16 Å². The third kappa shape index (κ3) is 3.67. The zero-order valence-corrected chi connectivity index (χ0v) is 9.82. The first-order valence-electron chi connectivity index (χ1n) is 4.54. The van der Waals surface area contributed by atoms with Crippen molar-refractivity contribution >= 4 is 29.3 Å². The Morgan fingerprint density at radius 2 is 2.07 bits per heavy atom. The predicted octanol–water partition coefficient (Wildman–Crippen LogP) is 2.46. The zero-order chi connectivity index (χ0) is 10.4. The molecule has 0 unspecified atom stereocenters. The van der Waals surface area contributed by atoms with E-state index in [2.05, 4.69) is 27.2 Å². The number of hydrogen-bond donors (Lipinski definition) is 1. The average molecular weight is 233 g/mol. The Hall–Kier alpha value is -0.550. The van der Waals surface area contributed by atoms with Crippen LogP contribution in [0.2, 0.25) is 5.28 Å². The van der Waals surface area contributed by atoms with Gasteiger partial charge in [-0.15, -0.1) is 0 Å². The van der Waals surface area contributed by atoms with E-state index in [1.165, 1.54) is 0 Å². The third-order valence-electron chi connectivity index (χ3n) is 1.36. The molecule has 0 aliphatic carbocycles. The van der Waals surface area contributed by atoms with Gasteiger partial charge in [0.25, 0.3) is 0 Å². The maximum absolute atomic E-state index is 5.75. The number of anilines is 1. The maximum atomic E-state index is 5.75. The van der Waals surface area contributed by atoms with Crippen LogP contribution in [0.3, 0.4) is 0 Å². The van der Waals surface area contributed by atoms with E-state index in [1.54, 1.807) is 11.8 Å². The highest BCUT2D eigenvalue weighted by atomic mass is 35.5. The summed E-state index contributed by atoms with van der Waals surface area (Å²) < 4.78 is 0. The summed E-state index contributed by atoms with van der Waals surface area (Å²) in [5, 5.41) is 3.93. The molecule has 4 nitrogen and oxygen atoms in total. The van der Waals surface area contributed by atoms with E-state index in [9.17, 15) is 0 Å². The molecule has 1 rings (SSSR count). The van der Waals surface area contributed by atoms with Crippen LogP contribution in [0.1, 0.15) is 20.3 Å². The number of nitrogens with one attached hydrogen (secondary N) is 1. The van der Waals surface area contributed by atoms with Crippen LogP contribution in [0.4, 0.5) is 5.95 Å². The van der Waals surface area contributed by atoms with E-state index in [4.69, 9.17) is 11.6 Å². The van der Waals surface area contributed by atoms with Crippen LogP contribution in [0, 0.1) is 0 Å². The molecule has 1 aromatic heterocycles. The standard InChI is InChI=1S/C8H13ClN4S/c1-3-5-14-8-12-6(9)11-7(13-8)10-4-2/h3-5H2,1-2H3,(H,10,11,12,13). The lowest BCUT2D eigenvalue weighted by Gasteiger charge is -2.03. The van der Waals surface area contributed by atoms with Crippen molar-refractivity contribution in [3.63, 3.8) is 0 Å². The molecular weight excluding hydrogens is 220 g/mol. The zero-order valence-electron chi connectivity index (χ0n) is 8.25. The Kier molecular flexibility index (Phi) is 4.97. The number of nitrogens with zero attached hydrogens (tertiary/aromatic N) is 3. The molecule has 0 radical (unpaired) electrons. The molecule has 0 saturated heterocycles. The molecule has 0 aromatic carbocycles. The van der Waals surface area contributed by atoms with E-state index >= 15 is 0 Å². The molecule has 1 N–H and O–H groups in total. The van der Waals surface area contributed by atoms with Gasteiger partial charge in [-0.3, -0.25) is 0 Å². The van der Waals surface area contributed by atoms with Crippen molar-refractivity contribution in [1.82, 2.24) is 15.0 Å². The molecule has 6 heteroatoms. The highest BCUT2D eigenvalue weighted by Gasteiger charge is 2.03. The fourth-order valence-electron chi connectivity index (χ4n) is 0.827. The first-order chi connectivity index (χ1) is 6.76. The van der Waals surface area contributed by atoms with Crippen molar-refractivity contribution < 1.29 is 0 Å². The summed E-state index contributed by atoms with van der Waals surface area (Å²) in [5.74, 6) is 1.54. The van der Waals surface area contributed by atoms with E-state index < -0.39 is 0 Å². The Morgan fingerprint density at radius 1 is 1.29 bits per heavy atom. The molecule has 1 aromatic rings. The fourth-order valence-corrected chi connectivity index (χ4v) is 1.73. The molecule has 0 atom stereocenters. The Labute approximate surface area is 92.9 Å². The average Bonchev–Trinajstić information content (AvgIpc) is 2.14. The van der Waals surface area contributed by atoms with Crippen LogP contribution >= 0.6 is 23.4 Å². The van der Waals surface area contributed by atoms with Crippen LogP contribution in [-0.4, -0.2) is 27.2 Å². The topological polar surface area (TPSA) is 50.7 Å². The number of hydrogen-bond acceptors (Lipinski definition) is 5. The molecule has 0 aliphatic rings. The second-order valence-corrected chi connectivity index (χ2v) is 3.99. The molecule has 0 saturated carbocycles. The van der Waals surface area contributed by atoms with E-state index in [0.717, 1.165) is 18.7 Å². The lowest BCUT2D eigenvalue weighted by atomic mass is 10.6. The Bertz CT molecular complexity index is 295. The summed E-state index contributed by atoms with van der Waals surface area (Å²) in [6.07, 6.45) is 1.09. The van der Waals surface area contributed by atoms with Gasteiger partial charge in [-0.05, 0) is 24.9 Å². The minimum Gasteiger partial charge on any atom is -0.354 e. The Morgan fingerprint density at radius 3 is 2.71 bits per heavy atom. The van der Waals surface area contributed by atoms with Crippen molar-refractivity contribution in [2.24, 2.45) is 0 Å². The molecule has 0 amide bonds. The minimum absolute atomic E-state index is 0.245. The van der Waals surface area contributed by atoms with Crippen molar-refractivity contribution in [3.8, 4) is 0 Å². The second-order valence-electron chi connectivity index (χ2n) is 2.59. The second kappa shape index (κ2) is 6.03. The molecule has 0 fully saturated rings. The first-order valence-corrected chi connectivity index (χ1v) is 5.90. The quantitative estimate of drug-likeness (QED) is 0.791. The number of aromatic nitrogens is 3. The van der Waals surface area contributed by atoms with Crippen LogP contribution in [0.25, 0.3) is 0 Å². The van der Waals surface area contributed by atoms with E-state index in [1.807, 2.05) is 6.92 Å². The molecule has 0 bridgehead atoms. The lowest BCUT2D eigenvalue weighted by Crippen LogP contribution is -2.04. The minimum atomic E-state index is 0.245. The number of halogens is 1. The van der Waals surface area contributed by atoms with Crippen molar-refractivity contribution in [1.29, 1.82) is 0 Å². The van der Waals surface area contributed by atoms with Gasteiger partial charge >= 0.3 is 0 Å². The predicted molar refractivity (Wildman–Crippen MR) is 60.0 cm³/mol. The summed E-state index contributed by atoms with van der Waals surface area (Å²) in [6.45, 7) is 4.87. The SMILES string of the molecule is CCCSc1nc(Cl)nc(NCC)n1. The first kappa shape index (κ1) is 11.5. The van der Waals surface area contributed by atoms with Gasteiger partial charge in [-0.1, -0.05) is 18.7 Å². The van der Waals surface area contributed by atoms with Crippen molar-refractivity contribution in [2.45, 2.75) is 25.4 Å². The van der Waals surface area contributed by atoms with Crippen molar-refractivity contribution in [2.75, 3.05) is 17.6 Å². The summed E-state index contributed by atoms with van der Waals surface area (Å²) in [6, 6.07) is 0. The largest absolute Gasteiger partial charge is 0.354 e. The van der Waals surface area contributed by atoms with Gasteiger partial charge < -0.3 is 5.32 Å². The summed E-state index contributed by atoms with van der Waals surface area (Å²) >= 11 is 7.34. The number of rotatable bonds is 5. The van der Waals surface area contributed by atoms with Gasteiger partial charge in [-0.25, -0.2) is 0 Å². The van der Waals surface area contributed by atoms with Gasteiger partial charge in [-0.2, -0.15) is 15.0 Å². The van der Waals surface area contributed by atoms with E-state index in [0.29, 0.717) is 11.1 Å². The molecule has 78 valence electrons. The van der Waals surface area contributed by atoms with Gasteiger partial charge in [0, 0.05) is 12.3 Å². The Balaban J connectivity index is 2.73. The maximum Gasteiger partial charge on any atom is 0.228 e. The fraction of sp³-hybridized carbons (Fsp3) is 0.625. The molecule has 14 heavy (non-hydrogen) atoms. The molecule has 1 heterocycles. The molecular formula is C8H13ClN4S. The molecule has 0 spiro atoms. The van der Waals surface area contributed by atoms with Gasteiger partial charge in [0.05, 0.1) is 0 Å². The van der Waals surface area contributed by atoms with Gasteiger partial charge in [0.1, 0.15) is 0 Å². The third-order valence-corrected chi connectivity index (χ3v) is 2.58. The van der Waals surface area contributed by atoms with Crippen LogP contribution in [0.15, 0.2) is 5.16 Å². The highest BCUT2D eigenvalue weighted by molar-refractivity contribution is 7.99. The number of thioether (sulfide) groups is 1. The highest BCUT2D eigenvalue weighted by Crippen LogP contribution is 2.16. The summed E-state index contributed by atoms with van der Waals surface area (Å²) in [5.41, 5.74) is 0. The van der Waals surface area contributed by atoms with Crippen molar-refractivity contribution in [3.05, 3.63) is 5.28 Å². The van der Waals surface area contributed by atoms with Crippen LogP contribution < -0.4 is 5.32 Å². The smallest absolute Gasteiger partial charge is 0.228 e. The van der Waals surface area contributed by atoms with Gasteiger partial charge in [0.2, 0.25) is 11.2 Å². The summed E-state index contributed by atoms with van der Waals surface area (Å²) in [7, 11) is 0. The van der Waals surface area contributed by atoms with Crippen LogP contribution in [-0.2, 0) is 0 Å². The van der Waals surface area contributed by atoms with E-state index in [-0.39, 0.29) is 5.28 Å². The van der Waals surface area contributed by atoms with Crippen LogP contribution in [0.5, 0.6) is 0 Å². The molecule has 0 aliphatic heterocycles. The lowest BCUT2D eigenvalue weighted by molar-refractivity contribution is 0.896. The monoisotopic (exact) mass is 232 g/mol. The normalized spacial score (nSPS) is 10.2.